The van der Waals surface area contributed by atoms with Gasteiger partial charge < -0.3 is 10.1 Å². The van der Waals surface area contributed by atoms with E-state index in [9.17, 15) is 0 Å². The minimum absolute atomic E-state index is 0.395. The molecule has 1 unspecified atom stereocenters. The minimum Gasteiger partial charge on any atom is -0.492 e. The van der Waals surface area contributed by atoms with Crippen molar-refractivity contribution < 1.29 is 4.74 Å². The summed E-state index contributed by atoms with van der Waals surface area (Å²) < 4.78 is 6.25. The molecule has 0 saturated carbocycles. The third-order valence-corrected chi connectivity index (χ3v) is 6.03. The molecule has 0 spiro atoms. The molecule has 2 fully saturated rings. The molecule has 2 saturated heterocycles. The van der Waals surface area contributed by atoms with Gasteiger partial charge >= 0.3 is 0 Å². The molecule has 0 aliphatic carbocycles. The number of para-hydroxylation sites is 1. The lowest BCUT2D eigenvalue weighted by atomic mass is 9.96. The van der Waals surface area contributed by atoms with Crippen LogP contribution in [0.4, 0.5) is 0 Å². The van der Waals surface area contributed by atoms with Crippen LogP contribution in [0.5, 0.6) is 5.75 Å². The third kappa shape index (κ3) is 5.13. The Kier molecular flexibility index (Phi) is 6.98. The van der Waals surface area contributed by atoms with Gasteiger partial charge in [0.1, 0.15) is 12.4 Å². The van der Waals surface area contributed by atoms with Crippen molar-refractivity contribution >= 4 is 0 Å². The number of benzene rings is 2. The number of rotatable bonds is 8. The van der Waals surface area contributed by atoms with Gasteiger partial charge in [-0.3, -0.25) is 9.80 Å². The van der Waals surface area contributed by atoms with E-state index in [2.05, 4.69) is 69.7 Å². The third-order valence-electron chi connectivity index (χ3n) is 6.03. The van der Waals surface area contributed by atoms with Crippen LogP contribution >= 0.6 is 0 Å². The lowest BCUT2D eigenvalue weighted by Gasteiger charge is -2.35. The molecular weight excluding hydrogens is 346 g/mol. The summed E-state index contributed by atoms with van der Waals surface area (Å²) in [6.07, 6.45) is 3.66. The summed E-state index contributed by atoms with van der Waals surface area (Å²) >= 11 is 0. The molecule has 4 heteroatoms. The normalized spacial score (nSPS) is 19.6. The number of piperazine rings is 1. The smallest absolute Gasteiger partial charge is 0.122 e. The summed E-state index contributed by atoms with van der Waals surface area (Å²) in [5.41, 5.74) is 2.72. The fourth-order valence-corrected chi connectivity index (χ4v) is 4.44. The Hall–Kier alpha value is -1.88. The van der Waals surface area contributed by atoms with Crippen LogP contribution in [-0.2, 0) is 6.42 Å². The van der Waals surface area contributed by atoms with Crippen LogP contribution in [0.1, 0.15) is 30.0 Å². The maximum Gasteiger partial charge on any atom is 0.122 e. The molecule has 2 heterocycles. The molecule has 1 N–H and O–H groups in total. The summed E-state index contributed by atoms with van der Waals surface area (Å²) in [5.74, 6) is 1.05. The van der Waals surface area contributed by atoms with E-state index in [1.165, 1.54) is 37.1 Å². The van der Waals surface area contributed by atoms with Gasteiger partial charge in [0.05, 0.1) is 0 Å². The van der Waals surface area contributed by atoms with E-state index < -0.39 is 0 Å². The molecule has 0 bridgehead atoms. The fourth-order valence-electron chi connectivity index (χ4n) is 4.44. The zero-order valence-electron chi connectivity index (χ0n) is 16.9. The van der Waals surface area contributed by atoms with E-state index in [-0.39, 0.29) is 0 Å². The van der Waals surface area contributed by atoms with Crippen molar-refractivity contribution in [2.75, 3.05) is 52.4 Å². The highest BCUT2D eigenvalue weighted by Crippen LogP contribution is 2.29. The molecule has 0 aromatic heterocycles. The highest BCUT2D eigenvalue weighted by Gasteiger charge is 2.23. The van der Waals surface area contributed by atoms with Crippen molar-refractivity contribution in [1.29, 1.82) is 0 Å². The Morgan fingerprint density at radius 1 is 0.857 bits per heavy atom. The number of likely N-dealkylation sites (tertiary alicyclic amines) is 1. The maximum atomic E-state index is 6.25. The first-order chi connectivity index (χ1) is 13.9. The monoisotopic (exact) mass is 379 g/mol. The average molecular weight is 380 g/mol. The van der Waals surface area contributed by atoms with Crippen LogP contribution in [0.15, 0.2) is 54.6 Å². The Bertz CT molecular complexity index is 709. The highest BCUT2D eigenvalue weighted by molar-refractivity contribution is 5.35. The second kappa shape index (κ2) is 10.1. The molecule has 0 radical (unpaired) electrons. The number of hydrogen-bond donors (Lipinski definition) is 1. The van der Waals surface area contributed by atoms with Gasteiger partial charge in [-0.05, 0) is 49.5 Å². The number of ether oxygens (including phenoxy) is 1. The molecule has 4 rings (SSSR count). The van der Waals surface area contributed by atoms with E-state index in [1.807, 2.05) is 0 Å². The standard InChI is InChI=1S/C24H33N3O/c1-2-8-21(9-3-1)23(27-16-12-25-13-17-27)20-22-10-4-5-11-24(22)28-19-18-26-14-6-7-15-26/h1-5,8-11,23,25H,6-7,12-20H2. The Labute approximate surface area is 169 Å². The van der Waals surface area contributed by atoms with Crippen LogP contribution in [-0.4, -0.2) is 62.2 Å². The van der Waals surface area contributed by atoms with Crippen LogP contribution in [0.25, 0.3) is 0 Å². The first-order valence-electron chi connectivity index (χ1n) is 10.8. The lowest BCUT2D eigenvalue weighted by molar-refractivity contribution is 0.171. The van der Waals surface area contributed by atoms with E-state index in [0.717, 1.165) is 51.5 Å². The van der Waals surface area contributed by atoms with Crippen LogP contribution in [0, 0.1) is 0 Å². The fraction of sp³-hybridized carbons (Fsp3) is 0.500. The summed E-state index contributed by atoms with van der Waals surface area (Å²) in [5, 5.41) is 3.48. The van der Waals surface area contributed by atoms with E-state index in [0.29, 0.717) is 6.04 Å². The SMILES string of the molecule is c1ccc(C(Cc2ccccc2OCCN2CCCC2)N2CCNCC2)cc1. The Morgan fingerprint density at radius 3 is 2.36 bits per heavy atom. The van der Waals surface area contributed by atoms with E-state index in [4.69, 9.17) is 4.74 Å². The van der Waals surface area contributed by atoms with Gasteiger partial charge in [0.25, 0.3) is 0 Å². The van der Waals surface area contributed by atoms with Crippen molar-refractivity contribution in [1.82, 2.24) is 15.1 Å². The second-order valence-corrected chi connectivity index (χ2v) is 7.92. The topological polar surface area (TPSA) is 27.7 Å². The van der Waals surface area contributed by atoms with Gasteiger partial charge in [-0.1, -0.05) is 48.5 Å². The number of nitrogens with zero attached hydrogens (tertiary/aromatic N) is 2. The predicted molar refractivity (Wildman–Crippen MR) is 115 cm³/mol. The zero-order chi connectivity index (χ0) is 19.0. The number of nitrogens with one attached hydrogen (secondary N) is 1. The molecule has 2 aliphatic rings. The summed E-state index contributed by atoms with van der Waals surface area (Å²) in [6, 6.07) is 20.0. The largest absolute Gasteiger partial charge is 0.492 e. The van der Waals surface area contributed by atoms with Crippen LogP contribution in [0.3, 0.4) is 0 Å². The van der Waals surface area contributed by atoms with E-state index in [1.54, 1.807) is 0 Å². The van der Waals surface area contributed by atoms with Gasteiger partial charge in [-0.25, -0.2) is 0 Å². The lowest BCUT2D eigenvalue weighted by Crippen LogP contribution is -2.45. The highest BCUT2D eigenvalue weighted by atomic mass is 16.5. The van der Waals surface area contributed by atoms with Crippen LogP contribution < -0.4 is 10.1 Å². The zero-order valence-corrected chi connectivity index (χ0v) is 16.9. The average Bonchev–Trinajstić information content (AvgIpc) is 3.28. The summed E-state index contributed by atoms with van der Waals surface area (Å²) in [7, 11) is 0. The summed E-state index contributed by atoms with van der Waals surface area (Å²) in [6.45, 7) is 8.59. The molecule has 2 aromatic rings. The van der Waals surface area contributed by atoms with Crippen molar-refractivity contribution in [2.24, 2.45) is 0 Å². The van der Waals surface area contributed by atoms with Crippen molar-refractivity contribution in [2.45, 2.75) is 25.3 Å². The Balaban J connectivity index is 1.46. The molecule has 0 amide bonds. The molecule has 2 aromatic carbocycles. The predicted octanol–water partition coefficient (Wildman–Crippen LogP) is 3.35. The first-order valence-corrected chi connectivity index (χ1v) is 10.8. The first kappa shape index (κ1) is 19.4. The van der Waals surface area contributed by atoms with Gasteiger partial charge in [0, 0.05) is 38.8 Å². The van der Waals surface area contributed by atoms with Crippen molar-refractivity contribution in [3.05, 3.63) is 65.7 Å². The van der Waals surface area contributed by atoms with E-state index >= 15 is 0 Å². The molecule has 2 aliphatic heterocycles. The van der Waals surface area contributed by atoms with Gasteiger partial charge in [-0.15, -0.1) is 0 Å². The van der Waals surface area contributed by atoms with Gasteiger partial charge in [0.15, 0.2) is 0 Å². The number of hydrogen-bond acceptors (Lipinski definition) is 4. The van der Waals surface area contributed by atoms with Crippen molar-refractivity contribution in [3.63, 3.8) is 0 Å². The molecule has 4 nitrogen and oxygen atoms in total. The quantitative estimate of drug-likeness (QED) is 0.761. The summed E-state index contributed by atoms with van der Waals surface area (Å²) in [4.78, 5) is 5.13. The molecule has 1 atom stereocenters. The van der Waals surface area contributed by atoms with Gasteiger partial charge in [-0.2, -0.15) is 0 Å². The van der Waals surface area contributed by atoms with Gasteiger partial charge in [0.2, 0.25) is 0 Å². The van der Waals surface area contributed by atoms with Crippen molar-refractivity contribution in [3.8, 4) is 5.75 Å². The maximum absolute atomic E-state index is 6.25. The van der Waals surface area contributed by atoms with Crippen LogP contribution in [0.2, 0.25) is 0 Å². The molecule has 28 heavy (non-hydrogen) atoms. The second-order valence-electron chi connectivity index (χ2n) is 7.92. The molecule has 150 valence electrons. The molecular formula is C24H33N3O. The minimum atomic E-state index is 0.395. The Morgan fingerprint density at radius 2 is 1.57 bits per heavy atom.